The fourth-order valence-corrected chi connectivity index (χ4v) is 4.49. The van der Waals surface area contributed by atoms with E-state index in [1.54, 1.807) is 24.3 Å². The molecule has 3 aliphatic rings. The fraction of sp³-hybridized carbons (Fsp3) is 0.478. The lowest BCUT2D eigenvalue weighted by molar-refractivity contribution is -0.123. The van der Waals surface area contributed by atoms with Gasteiger partial charge in [0, 0.05) is 38.2 Å². The van der Waals surface area contributed by atoms with E-state index in [2.05, 4.69) is 4.90 Å². The van der Waals surface area contributed by atoms with Gasteiger partial charge in [0.2, 0.25) is 0 Å². The first-order valence-corrected chi connectivity index (χ1v) is 10.4. The van der Waals surface area contributed by atoms with E-state index in [4.69, 9.17) is 4.74 Å². The molecule has 0 aromatic heterocycles. The number of carbonyl (C=O) groups excluding carboxylic acids is 4. The summed E-state index contributed by atoms with van der Waals surface area (Å²) in [7, 11) is 0. The number of allylic oxidation sites excluding steroid dienone is 2. The molecule has 0 atom stereocenters. The van der Waals surface area contributed by atoms with Crippen molar-refractivity contribution in [2.75, 3.05) is 32.8 Å². The van der Waals surface area contributed by atoms with Crippen molar-refractivity contribution in [1.29, 1.82) is 0 Å². The molecule has 0 N–H and O–H groups in total. The van der Waals surface area contributed by atoms with Crippen molar-refractivity contribution in [3.8, 4) is 0 Å². The van der Waals surface area contributed by atoms with Crippen LogP contribution in [0.2, 0.25) is 0 Å². The third-order valence-corrected chi connectivity index (χ3v) is 5.96. The van der Waals surface area contributed by atoms with Gasteiger partial charge < -0.3 is 9.64 Å². The number of Topliss-reactive ketones (excluding diaryl/α,β-unsaturated/α-hetero) is 2. The first kappa shape index (κ1) is 20.5. The molecule has 2 heterocycles. The number of imide groups is 1. The Morgan fingerprint density at radius 1 is 1.00 bits per heavy atom. The van der Waals surface area contributed by atoms with Crippen LogP contribution in [0.25, 0.3) is 0 Å². The first-order valence-electron chi connectivity index (χ1n) is 10.4. The second-order valence-corrected chi connectivity index (χ2v) is 8.84. The Morgan fingerprint density at radius 3 is 2.20 bits per heavy atom. The molecule has 2 aliphatic heterocycles. The van der Waals surface area contributed by atoms with Gasteiger partial charge in [0.15, 0.2) is 11.6 Å². The topological polar surface area (TPSA) is 84.0 Å². The predicted octanol–water partition coefficient (Wildman–Crippen LogP) is 2.22. The minimum absolute atomic E-state index is 0.0260. The highest BCUT2D eigenvalue weighted by Crippen LogP contribution is 2.39. The molecule has 158 valence electrons. The van der Waals surface area contributed by atoms with Crippen molar-refractivity contribution in [3.05, 3.63) is 46.7 Å². The van der Waals surface area contributed by atoms with Gasteiger partial charge in [0.1, 0.15) is 0 Å². The van der Waals surface area contributed by atoms with Crippen LogP contribution in [0.1, 0.15) is 53.8 Å². The number of fused-ring (bicyclic) bond motifs is 1. The minimum Gasteiger partial charge on any atom is -0.378 e. The molecular formula is C23H26N2O5. The van der Waals surface area contributed by atoms with Crippen molar-refractivity contribution in [2.45, 2.75) is 33.1 Å². The van der Waals surface area contributed by atoms with Crippen LogP contribution in [0.5, 0.6) is 0 Å². The lowest BCUT2D eigenvalue weighted by atomic mass is 9.74. The molecule has 7 nitrogen and oxygen atoms in total. The van der Waals surface area contributed by atoms with Crippen molar-refractivity contribution in [3.63, 3.8) is 0 Å². The number of hydrogen-bond acceptors (Lipinski definition) is 6. The van der Waals surface area contributed by atoms with Crippen molar-refractivity contribution >= 4 is 23.4 Å². The average Bonchev–Trinajstić information content (AvgIpc) is 2.96. The number of hydrogen-bond donors (Lipinski definition) is 0. The number of benzene rings is 1. The Balaban J connectivity index is 1.55. The fourth-order valence-electron chi connectivity index (χ4n) is 4.49. The van der Waals surface area contributed by atoms with Crippen LogP contribution in [-0.2, 0) is 14.3 Å². The zero-order valence-electron chi connectivity index (χ0n) is 17.4. The van der Waals surface area contributed by atoms with Crippen LogP contribution >= 0.6 is 0 Å². The third kappa shape index (κ3) is 3.69. The highest BCUT2D eigenvalue weighted by molar-refractivity contribution is 6.23. The lowest BCUT2D eigenvalue weighted by Gasteiger charge is -2.39. The SMILES string of the molecule is CC1(C)CC(=O)C(C(=O)CCN2C(=O)c3ccccc3C2=O)=C(N2CCOCC2)C1. The molecule has 7 heteroatoms. The van der Waals surface area contributed by atoms with E-state index in [0.29, 0.717) is 50.3 Å². The number of nitrogens with zero attached hydrogens (tertiary/aromatic N) is 2. The Labute approximate surface area is 175 Å². The largest absolute Gasteiger partial charge is 0.378 e. The smallest absolute Gasteiger partial charge is 0.261 e. The number of ether oxygens (including phenoxy) is 1. The standard InChI is InChI=1S/C23H26N2O5/c1-23(2)13-17(24-9-11-30-12-10-24)20(19(27)14-23)18(26)7-8-25-21(28)15-5-3-4-6-16(15)22(25)29/h3-6H,7-14H2,1-2H3. The summed E-state index contributed by atoms with van der Waals surface area (Å²) in [5.41, 5.74) is 1.54. The van der Waals surface area contributed by atoms with Crippen LogP contribution in [0, 0.1) is 5.41 Å². The van der Waals surface area contributed by atoms with Gasteiger partial charge in [0.25, 0.3) is 11.8 Å². The van der Waals surface area contributed by atoms with Crippen molar-refractivity contribution < 1.29 is 23.9 Å². The molecule has 0 bridgehead atoms. The summed E-state index contributed by atoms with van der Waals surface area (Å²) in [6.07, 6.45) is 0.905. The molecule has 1 aromatic carbocycles. The number of ketones is 2. The monoisotopic (exact) mass is 410 g/mol. The Morgan fingerprint density at radius 2 is 1.60 bits per heavy atom. The van der Waals surface area contributed by atoms with E-state index in [1.807, 2.05) is 13.8 Å². The van der Waals surface area contributed by atoms with Gasteiger partial charge in [-0.2, -0.15) is 0 Å². The first-order chi connectivity index (χ1) is 14.3. The molecule has 1 aromatic rings. The van der Waals surface area contributed by atoms with Gasteiger partial charge in [0.05, 0.1) is 29.9 Å². The van der Waals surface area contributed by atoms with Gasteiger partial charge >= 0.3 is 0 Å². The molecule has 1 fully saturated rings. The maximum Gasteiger partial charge on any atom is 0.261 e. The van der Waals surface area contributed by atoms with Gasteiger partial charge in [-0.25, -0.2) is 0 Å². The number of carbonyl (C=O) groups is 4. The Kier molecular flexibility index (Phi) is 5.32. The van der Waals surface area contributed by atoms with Crippen LogP contribution in [0.4, 0.5) is 0 Å². The molecule has 2 amide bonds. The van der Waals surface area contributed by atoms with E-state index in [-0.39, 0.29) is 47.3 Å². The summed E-state index contributed by atoms with van der Waals surface area (Å²) in [6.45, 7) is 6.46. The minimum atomic E-state index is -0.387. The molecule has 0 spiro atoms. The summed E-state index contributed by atoms with van der Waals surface area (Å²) in [4.78, 5) is 54.3. The van der Waals surface area contributed by atoms with Crippen LogP contribution in [-0.4, -0.2) is 66.0 Å². The average molecular weight is 410 g/mol. The van der Waals surface area contributed by atoms with Crippen LogP contribution < -0.4 is 0 Å². The number of amides is 2. The highest BCUT2D eigenvalue weighted by Gasteiger charge is 2.39. The van der Waals surface area contributed by atoms with Gasteiger partial charge in [-0.15, -0.1) is 0 Å². The quantitative estimate of drug-likeness (QED) is 0.547. The van der Waals surface area contributed by atoms with Crippen molar-refractivity contribution in [2.24, 2.45) is 5.41 Å². The summed E-state index contributed by atoms with van der Waals surface area (Å²) in [5, 5.41) is 0. The molecule has 0 unspecified atom stereocenters. The zero-order chi connectivity index (χ0) is 21.5. The van der Waals surface area contributed by atoms with Crippen molar-refractivity contribution in [1.82, 2.24) is 9.80 Å². The van der Waals surface area contributed by atoms with E-state index >= 15 is 0 Å². The molecule has 30 heavy (non-hydrogen) atoms. The summed E-state index contributed by atoms with van der Waals surface area (Å²) < 4.78 is 5.42. The normalized spacial score (nSPS) is 21.3. The second-order valence-electron chi connectivity index (χ2n) is 8.84. The van der Waals surface area contributed by atoms with Gasteiger partial charge in [-0.05, 0) is 24.0 Å². The van der Waals surface area contributed by atoms with E-state index < -0.39 is 0 Å². The summed E-state index contributed by atoms with van der Waals surface area (Å²) >= 11 is 0. The highest BCUT2D eigenvalue weighted by atomic mass is 16.5. The van der Waals surface area contributed by atoms with E-state index in [1.165, 1.54) is 0 Å². The van der Waals surface area contributed by atoms with E-state index in [9.17, 15) is 19.2 Å². The summed E-state index contributed by atoms with van der Waals surface area (Å²) in [5.74, 6) is -1.22. The zero-order valence-corrected chi connectivity index (χ0v) is 17.4. The predicted molar refractivity (Wildman–Crippen MR) is 109 cm³/mol. The van der Waals surface area contributed by atoms with Crippen LogP contribution in [0.15, 0.2) is 35.5 Å². The Hall–Kier alpha value is -2.80. The third-order valence-electron chi connectivity index (χ3n) is 5.96. The second kappa shape index (κ2) is 7.80. The van der Waals surface area contributed by atoms with Gasteiger partial charge in [-0.1, -0.05) is 26.0 Å². The molecule has 4 rings (SSSR count). The van der Waals surface area contributed by atoms with Gasteiger partial charge in [-0.3, -0.25) is 24.1 Å². The van der Waals surface area contributed by atoms with Crippen LogP contribution in [0.3, 0.4) is 0 Å². The molecule has 0 saturated carbocycles. The molecule has 1 saturated heterocycles. The number of rotatable bonds is 5. The maximum atomic E-state index is 13.1. The molecular weight excluding hydrogens is 384 g/mol. The summed E-state index contributed by atoms with van der Waals surface area (Å²) in [6, 6.07) is 6.65. The lowest BCUT2D eigenvalue weighted by Crippen LogP contribution is -2.42. The Bertz CT molecular complexity index is 921. The molecule has 0 radical (unpaired) electrons. The molecule has 1 aliphatic carbocycles. The number of morpholine rings is 1. The maximum absolute atomic E-state index is 13.1. The van der Waals surface area contributed by atoms with E-state index in [0.717, 1.165) is 10.6 Å².